The number of thiazole rings is 1. The van der Waals surface area contributed by atoms with E-state index in [0.717, 1.165) is 26.6 Å². The molecule has 2 heterocycles. The van der Waals surface area contributed by atoms with Crippen molar-refractivity contribution in [1.29, 1.82) is 0 Å². The fraction of sp³-hybridized carbons (Fsp3) is 0.292. The Bertz CT molecular complexity index is 1160. The molecule has 0 unspecified atom stereocenters. The second-order valence-corrected chi connectivity index (χ2v) is 9.81. The van der Waals surface area contributed by atoms with Crippen LogP contribution in [0.2, 0.25) is 0 Å². The number of guanidine groups is 1. The summed E-state index contributed by atoms with van der Waals surface area (Å²) in [6, 6.07) is 16.1. The Balaban J connectivity index is 1.55. The summed E-state index contributed by atoms with van der Waals surface area (Å²) in [5, 5.41) is 7.52. The normalized spacial score (nSPS) is 22.7. The maximum absolute atomic E-state index is 13.1. The zero-order chi connectivity index (χ0) is 20.9. The lowest BCUT2D eigenvalue weighted by Crippen LogP contribution is -2.45. The Kier molecular flexibility index (Phi) is 4.47. The number of ketones is 1. The van der Waals surface area contributed by atoms with Crippen LogP contribution in [0.5, 0.6) is 0 Å². The molecule has 2 N–H and O–H groups in total. The van der Waals surface area contributed by atoms with Crippen LogP contribution in [0, 0.1) is 18.3 Å². The number of carbonyl (C=O) groups is 1. The second-order valence-electron chi connectivity index (χ2n) is 8.78. The van der Waals surface area contributed by atoms with Gasteiger partial charge in [0, 0.05) is 12.1 Å². The summed E-state index contributed by atoms with van der Waals surface area (Å²) >= 11 is 1.59. The largest absolute Gasteiger partial charge is 0.329 e. The highest BCUT2D eigenvalue weighted by molar-refractivity contribution is 7.22. The molecule has 5 rings (SSSR count). The highest BCUT2D eigenvalue weighted by Crippen LogP contribution is 2.42. The molecule has 0 fully saturated rings. The number of aliphatic imine (C=N–C) groups is 1. The quantitative estimate of drug-likeness (QED) is 0.601. The number of fused-ring (bicyclic) bond motifs is 2. The van der Waals surface area contributed by atoms with Gasteiger partial charge in [0.15, 0.2) is 5.13 Å². The number of aromatic nitrogens is 1. The predicted octanol–water partition coefficient (Wildman–Crippen LogP) is 5.22. The van der Waals surface area contributed by atoms with Crippen molar-refractivity contribution in [2.45, 2.75) is 33.2 Å². The smallest absolute Gasteiger partial charge is 0.202 e. The number of hydrogen-bond acceptors (Lipinski definition) is 6. The number of Topliss-reactive ketones (excluding diaryl/α,β-unsaturated/α-hetero) is 1. The molecule has 3 aromatic rings. The van der Waals surface area contributed by atoms with E-state index >= 15 is 0 Å². The van der Waals surface area contributed by atoms with Crippen LogP contribution in [0.15, 0.2) is 65.3 Å². The van der Waals surface area contributed by atoms with Crippen LogP contribution < -0.4 is 10.6 Å². The molecule has 0 saturated heterocycles. The molecule has 1 aromatic heterocycles. The van der Waals surface area contributed by atoms with Crippen molar-refractivity contribution >= 4 is 38.4 Å². The van der Waals surface area contributed by atoms with Crippen LogP contribution in [0.1, 0.15) is 37.4 Å². The molecule has 2 atom stereocenters. The second kappa shape index (κ2) is 7.06. The highest BCUT2D eigenvalue weighted by atomic mass is 32.1. The van der Waals surface area contributed by atoms with E-state index < -0.39 is 0 Å². The monoisotopic (exact) mass is 416 g/mol. The van der Waals surface area contributed by atoms with Crippen molar-refractivity contribution in [2.75, 3.05) is 5.32 Å². The number of carbonyl (C=O) groups excluding carboxylic acids is 1. The van der Waals surface area contributed by atoms with E-state index in [0.29, 0.717) is 12.4 Å². The maximum Gasteiger partial charge on any atom is 0.202 e. The highest BCUT2D eigenvalue weighted by Gasteiger charge is 2.42. The van der Waals surface area contributed by atoms with Crippen LogP contribution in [0.3, 0.4) is 0 Å². The van der Waals surface area contributed by atoms with Gasteiger partial charge in [-0.05, 0) is 30.0 Å². The fourth-order valence-corrected chi connectivity index (χ4v) is 5.12. The minimum atomic E-state index is -0.276. The third kappa shape index (κ3) is 3.52. The van der Waals surface area contributed by atoms with Crippen molar-refractivity contribution in [3.05, 3.63) is 71.4 Å². The first-order chi connectivity index (χ1) is 14.4. The Hall–Kier alpha value is -2.99. The molecule has 0 radical (unpaired) electrons. The molecule has 1 aliphatic heterocycles. The number of para-hydroxylation sites is 1. The van der Waals surface area contributed by atoms with E-state index in [1.165, 1.54) is 5.56 Å². The Morgan fingerprint density at radius 1 is 1.13 bits per heavy atom. The molecule has 6 heteroatoms. The van der Waals surface area contributed by atoms with E-state index in [1.807, 2.05) is 18.2 Å². The molecule has 30 heavy (non-hydrogen) atoms. The van der Waals surface area contributed by atoms with Gasteiger partial charge in [0.2, 0.25) is 5.96 Å². The summed E-state index contributed by atoms with van der Waals surface area (Å²) in [5.74, 6) is 0.590. The summed E-state index contributed by atoms with van der Waals surface area (Å²) in [5.41, 5.74) is 3.96. The molecule has 5 nitrogen and oxygen atoms in total. The molecule has 0 spiro atoms. The summed E-state index contributed by atoms with van der Waals surface area (Å²) < 4.78 is 1.12. The number of benzene rings is 2. The van der Waals surface area contributed by atoms with Gasteiger partial charge in [-0.2, -0.15) is 0 Å². The van der Waals surface area contributed by atoms with Crippen molar-refractivity contribution in [3.8, 4) is 0 Å². The van der Waals surface area contributed by atoms with Crippen LogP contribution in [0.4, 0.5) is 5.13 Å². The Labute approximate surface area is 179 Å². The van der Waals surface area contributed by atoms with E-state index in [-0.39, 0.29) is 23.2 Å². The zero-order valence-electron chi connectivity index (χ0n) is 17.3. The van der Waals surface area contributed by atoms with Crippen molar-refractivity contribution in [3.63, 3.8) is 0 Å². The Morgan fingerprint density at radius 2 is 1.90 bits per heavy atom. The molecular weight excluding hydrogens is 392 g/mol. The number of aryl methyl sites for hydroxylation is 1. The van der Waals surface area contributed by atoms with Crippen molar-refractivity contribution < 1.29 is 4.79 Å². The fourth-order valence-electron chi connectivity index (χ4n) is 4.26. The molecule has 0 saturated carbocycles. The van der Waals surface area contributed by atoms with Crippen LogP contribution >= 0.6 is 11.3 Å². The van der Waals surface area contributed by atoms with Gasteiger partial charge < -0.3 is 10.6 Å². The minimum absolute atomic E-state index is 0.175. The van der Waals surface area contributed by atoms with Gasteiger partial charge in [0.1, 0.15) is 5.78 Å². The minimum Gasteiger partial charge on any atom is -0.329 e. The predicted molar refractivity (Wildman–Crippen MR) is 123 cm³/mol. The lowest BCUT2D eigenvalue weighted by atomic mass is 9.72. The molecule has 1 aliphatic carbocycles. The average Bonchev–Trinajstić information content (AvgIpc) is 3.09. The summed E-state index contributed by atoms with van der Waals surface area (Å²) in [6.45, 7) is 6.27. The lowest BCUT2D eigenvalue weighted by molar-refractivity contribution is -0.124. The van der Waals surface area contributed by atoms with Gasteiger partial charge in [0.25, 0.3) is 0 Å². The van der Waals surface area contributed by atoms with Gasteiger partial charge >= 0.3 is 0 Å². The number of allylic oxidation sites excluding steroid dienone is 1. The number of nitrogens with zero attached hydrogens (tertiary/aromatic N) is 2. The number of nitrogens with one attached hydrogen (secondary N) is 2. The average molecular weight is 417 g/mol. The first-order valence-corrected chi connectivity index (χ1v) is 11.0. The van der Waals surface area contributed by atoms with E-state index in [1.54, 1.807) is 11.3 Å². The number of anilines is 1. The Morgan fingerprint density at radius 3 is 2.67 bits per heavy atom. The van der Waals surface area contributed by atoms with E-state index in [9.17, 15) is 4.79 Å². The van der Waals surface area contributed by atoms with Crippen LogP contribution in [-0.2, 0) is 4.79 Å². The van der Waals surface area contributed by atoms with E-state index in [4.69, 9.17) is 4.99 Å². The van der Waals surface area contributed by atoms with Gasteiger partial charge in [-0.15, -0.1) is 0 Å². The third-order valence-corrected chi connectivity index (χ3v) is 6.59. The van der Waals surface area contributed by atoms with Crippen LogP contribution in [0.25, 0.3) is 10.2 Å². The van der Waals surface area contributed by atoms with Crippen LogP contribution in [-0.4, -0.2) is 16.7 Å². The molecular formula is C24H24N4OS. The maximum atomic E-state index is 13.1. The lowest BCUT2D eigenvalue weighted by Gasteiger charge is -2.38. The number of rotatable bonds is 2. The molecule has 2 aliphatic rings. The topological polar surface area (TPSA) is 66.4 Å². The first-order valence-electron chi connectivity index (χ1n) is 10.2. The van der Waals surface area contributed by atoms with E-state index in [2.05, 4.69) is 72.8 Å². The number of hydrogen-bond donors (Lipinski definition) is 2. The first kappa shape index (κ1) is 19.0. The van der Waals surface area contributed by atoms with Gasteiger partial charge in [-0.3, -0.25) is 4.79 Å². The molecule has 152 valence electrons. The van der Waals surface area contributed by atoms with Gasteiger partial charge in [0.05, 0.1) is 22.2 Å². The molecule has 0 bridgehead atoms. The summed E-state index contributed by atoms with van der Waals surface area (Å²) in [7, 11) is 0. The van der Waals surface area contributed by atoms with Crippen molar-refractivity contribution in [2.24, 2.45) is 16.3 Å². The van der Waals surface area contributed by atoms with Crippen molar-refractivity contribution in [1.82, 2.24) is 10.3 Å². The van der Waals surface area contributed by atoms with Gasteiger partial charge in [-0.1, -0.05) is 73.2 Å². The zero-order valence-corrected chi connectivity index (χ0v) is 18.1. The molecule has 0 amide bonds. The van der Waals surface area contributed by atoms with Gasteiger partial charge in [-0.25, -0.2) is 9.98 Å². The molecule has 2 aromatic carbocycles. The standard InChI is InChI=1S/C24H24N4OS/c1-14-8-10-15(11-9-14)21-20-17(12-24(2,3)13-18(20)29)25-22(27-21)28-23-26-16-6-4-5-7-19(16)30-23/h4-12,20-21H,13H2,1-3H3,(H2,25,26,27,28)/t20-,21-/m1/s1. The summed E-state index contributed by atoms with van der Waals surface area (Å²) in [6.07, 6.45) is 2.72. The summed E-state index contributed by atoms with van der Waals surface area (Å²) in [4.78, 5) is 22.7. The SMILES string of the molecule is Cc1ccc([C@H]2N=C(Nc3nc4ccccc4s3)NC3=CC(C)(C)CC(=O)[C@@H]32)cc1. The third-order valence-electron chi connectivity index (χ3n) is 5.64.